The van der Waals surface area contributed by atoms with Gasteiger partial charge in [0.25, 0.3) is 0 Å². The van der Waals surface area contributed by atoms with Gasteiger partial charge in [0.05, 0.1) is 13.2 Å². The third-order valence-corrected chi connectivity index (χ3v) is 9.48. The molecule has 9 heteroatoms. The molecule has 2 rings (SSSR count). The second kappa shape index (κ2) is 22.2. The van der Waals surface area contributed by atoms with E-state index in [4.69, 9.17) is 60.0 Å². The molecule has 0 heterocycles. The van der Waals surface area contributed by atoms with E-state index < -0.39 is 0 Å². The summed E-state index contributed by atoms with van der Waals surface area (Å²) in [5.41, 5.74) is 1.77. The Kier molecular flexibility index (Phi) is 21.9. The van der Waals surface area contributed by atoms with Crippen molar-refractivity contribution in [2.75, 3.05) is 13.2 Å². The van der Waals surface area contributed by atoms with Gasteiger partial charge in [0.15, 0.2) is 0 Å². The Morgan fingerprint density at radius 1 is 0.659 bits per heavy atom. The van der Waals surface area contributed by atoms with Crippen LogP contribution in [0.15, 0.2) is 57.0 Å². The van der Waals surface area contributed by atoms with Gasteiger partial charge in [0.1, 0.15) is 11.5 Å². The maximum atomic E-state index is 6.05. The zero-order valence-electron chi connectivity index (χ0n) is 25.3. The second-order valence-corrected chi connectivity index (χ2v) is 16.0. The van der Waals surface area contributed by atoms with Crippen molar-refractivity contribution in [1.29, 1.82) is 0 Å². The molecule has 0 atom stereocenters. The molecule has 0 saturated carbocycles. The quantitative estimate of drug-likeness (QED) is 0.108. The summed E-state index contributed by atoms with van der Waals surface area (Å²) >= 11 is 25.1. The number of rotatable bonds is 14. The van der Waals surface area contributed by atoms with Crippen molar-refractivity contribution in [3.63, 3.8) is 0 Å². The number of thioether (sulfide) groups is 2. The van der Waals surface area contributed by atoms with Gasteiger partial charge in [0.2, 0.25) is 0 Å². The van der Waals surface area contributed by atoms with E-state index in [0.717, 1.165) is 43.9 Å². The number of hydrogen-bond donors (Lipinski definition) is 0. The molecule has 2 aromatic carbocycles. The third kappa shape index (κ3) is 17.5. The van der Waals surface area contributed by atoms with E-state index in [1.54, 1.807) is 23.5 Å². The van der Waals surface area contributed by atoms with Gasteiger partial charge in [-0.2, -0.15) is 41.8 Å². The molecule has 41 heavy (non-hydrogen) atoms. The monoisotopic (exact) mass is 710 g/mol. The van der Waals surface area contributed by atoms with E-state index in [0.29, 0.717) is 45.4 Å². The van der Waals surface area contributed by atoms with E-state index in [2.05, 4.69) is 55.4 Å². The van der Waals surface area contributed by atoms with Crippen molar-refractivity contribution in [2.45, 2.75) is 78.7 Å². The summed E-state index contributed by atoms with van der Waals surface area (Å²) in [5, 5.41) is 1.06. The standard InChI is InChI=1S/C24H32O2S2.C8H16S4.Ni/c1-17(2)12-14-25-20-10-11-22(26-15-13-18(3)4)21(16-20)24(28)23(27)19-8-6-5-7-9-19;1-5(2)11-7(9)8(10)12-6(3)4;/h5-11,16-18,27-28H,12-15H2,1-4H3;5-6,9-10H,1-4H3;/p-4/b24-23-;8-7-;. The van der Waals surface area contributed by atoms with Crippen LogP contribution in [0.25, 0.3) is 9.81 Å². The van der Waals surface area contributed by atoms with Gasteiger partial charge in [-0.3, -0.25) is 0 Å². The summed E-state index contributed by atoms with van der Waals surface area (Å²) in [4.78, 5) is 1.28. The van der Waals surface area contributed by atoms with Gasteiger partial charge in [-0.05, 0) is 54.0 Å². The molecule has 0 saturated heterocycles. The molecule has 2 nitrogen and oxygen atoms in total. The first-order valence-electron chi connectivity index (χ1n) is 13.8. The van der Waals surface area contributed by atoms with E-state index in [1.807, 2.05) is 48.5 Å². The molecule has 0 aromatic heterocycles. The Morgan fingerprint density at radius 2 is 1.15 bits per heavy atom. The molecule has 0 spiro atoms. The van der Waals surface area contributed by atoms with Crippen molar-refractivity contribution in [2.24, 2.45) is 11.8 Å². The van der Waals surface area contributed by atoms with E-state index >= 15 is 0 Å². The van der Waals surface area contributed by atoms with Crippen LogP contribution in [0.2, 0.25) is 0 Å². The molecular weight excluding hydrogens is 667 g/mol. The maximum absolute atomic E-state index is 6.05. The number of ether oxygens (including phenoxy) is 2. The van der Waals surface area contributed by atoms with Gasteiger partial charge in [-0.25, -0.2) is 0 Å². The normalized spacial score (nSPS) is 12.4. The fourth-order valence-electron chi connectivity index (χ4n) is 3.09. The third-order valence-electron chi connectivity index (χ3n) is 5.21. The maximum Gasteiger partial charge on any atom is 0.125 e. The summed E-state index contributed by atoms with van der Waals surface area (Å²) in [5.74, 6) is 2.74. The van der Waals surface area contributed by atoms with Crippen LogP contribution in [0.5, 0.6) is 11.5 Å². The summed E-state index contributed by atoms with van der Waals surface area (Å²) in [6, 6.07) is 15.7. The zero-order chi connectivity index (χ0) is 30.2. The van der Waals surface area contributed by atoms with Crippen LogP contribution in [-0.4, -0.2) is 23.7 Å². The molecule has 0 bridgehead atoms. The number of benzene rings is 2. The Morgan fingerprint density at radius 3 is 1.61 bits per heavy atom. The van der Waals surface area contributed by atoms with E-state index in [1.165, 1.54) is 0 Å². The minimum absolute atomic E-state index is 0. The van der Waals surface area contributed by atoms with Crippen molar-refractivity contribution in [3.05, 3.63) is 68.1 Å². The van der Waals surface area contributed by atoms with Crippen LogP contribution in [0, 0.1) is 11.8 Å². The van der Waals surface area contributed by atoms with Crippen LogP contribution in [0.3, 0.4) is 0 Å². The molecule has 0 aliphatic carbocycles. The topological polar surface area (TPSA) is 18.5 Å². The van der Waals surface area contributed by atoms with Crippen LogP contribution >= 0.6 is 23.5 Å². The molecule has 0 aliphatic rings. The van der Waals surface area contributed by atoms with Gasteiger partial charge >= 0.3 is 0 Å². The van der Waals surface area contributed by atoms with Crippen molar-refractivity contribution in [1.82, 2.24) is 0 Å². The Balaban J connectivity index is 0.00000104. The van der Waals surface area contributed by atoms with Crippen molar-refractivity contribution < 1.29 is 26.0 Å². The van der Waals surface area contributed by atoms with Gasteiger partial charge in [-0.1, -0.05) is 85.7 Å². The van der Waals surface area contributed by atoms with Crippen LogP contribution in [0.4, 0.5) is 0 Å². The zero-order valence-corrected chi connectivity index (χ0v) is 31.2. The first-order chi connectivity index (χ1) is 18.8. The average molecular weight is 712 g/mol. The first-order valence-corrected chi connectivity index (χ1v) is 17.2. The average Bonchev–Trinajstić information content (AvgIpc) is 2.88. The molecule has 0 unspecified atom stereocenters. The predicted molar refractivity (Wildman–Crippen MR) is 192 cm³/mol. The Bertz CT molecular complexity index is 1050. The summed E-state index contributed by atoms with van der Waals surface area (Å²) < 4.78 is 13.7. The molecule has 2 aromatic rings. The fourth-order valence-corrected chi connectivity index (χ4v) is 6.39. The smallest absolute Gasteiger partial charge is 0.125 e. The fraction of sp³-hybridized carbons (Fsp3) is 0.500. The van der Waals surface area contributed by atoms with Gasteiger partial charge in [0, 0.05) is 27.0 Å². The molecule has 0 N–H and O–H groups in total. The minimum atomic E-state index is 0. The summed E-state index contributed by atoms with van der Waals surface area (Å²) in [6.07, 6.45) is 2.00. The van der Waals surface area contributed by atoms with E-state index in [-0.39, 0.29) is 16.5 Å². The Labute approximate surface area is 291 Å². The Hall–Kier alpha value is -0.406. The predicted octanol–water partition coefficient (Wildman–Crippen LogP) is 9.94. The molecule has 0 amide bonds. The molecular formula is C32H44NiO2S6-4. The SMILES string of the molecule is CC(C)CCOc1ccc(OCCC(C)C)c(/C([S-])=C(/[S-])c2ccccc2)c1.CC(C)S/C([S-])=C(/[S-])SC(C)C.[Ni]. The molecule has 0 radical (unpaired) electrons. The van der Waals surface area contributed by atoms with E-state index in [9.17, 15) is 0 Å². The van der Waals surface area contributed by atoms with Crippen molar-refractivity contribution in [3.8, 4) is 11.5 Å². The molecule has 0 aliphatic heterocycles. The first kappa shape index (κ1) is 40.6. The van der Waals surface area contributed by atoms with Crippen LogP contribution in [0.1, 0.15) is 79.4 Å². The van der Waals surface area contributed by atoms with Crippen LogP contribution < -0.4 is 9.47 Å². The summed E-state index contributed by atoms with van der Waals surface area (Å²) in [6.45, 7) is 18.6. The molecule has 234 valence electrons. The summed E-state index contributed by atoms with van der Waals surface area (Å²) in [7, 11) is 0. The second-order valence-electron chi connectivity index (χ2n) is 10.7. The van der Waals surface area contributed by atoms with Crippen LogP contribution in [-0.2, 0) is 67.0 Å². The van der Waals surface area contributed by atoms with Gasteiger partial charge in [-0.15, -0.1) is 0 Å². The van der Waals surface area contributed by atoms with Gasteiger partial charge < -0.3 is 60.0 Å². The molecule has 0 fully saturated rings. The van der Waals surface area contributed by atoms with Crippen molar-refractivity contribution >= 4 is 83.8 Å². The number of hydrogen-bond acceptors (Lipinski definition) is 8. The minimum Gasteiger partial charge on any atom is -0.780 e. The largest absolute Gasteiger partial charge is 0.780 e.